The van der Waals surface area contributed by atoms with Gasteiger partial charge in [-0.3, -0.25) is 4.68 Å². The standard InChI is InChI=1S/C14H24N2O2/c1-10-8-13(2,3)6-7-14(10,17)12-11(18-5)9-15-16(12)4/h9-10,17H,6-8H2,1-5H3. The fourth-order valence-corrected chi connectivity index (χ4v) is 3.29. The lowest BCUT2D eigenvalue weighted by Gasteiger charge is -2.45. The molecule has 1 aromatic heterocycles. The summed E-state index contributed by atoms with van der Waals surface area (Å²) < 4.78 is 7.09. The van der Waals surface area contributed by atoms with Crippen molar-refractivity contribution >= 4 is 0 Å². The van der Waals surface area contributed by atoms with E-state index in [9.17, 15) is 5.11 Å². The number of hydrogen-bond donors (Lipinski definition) is 1. The lowest BCUT2D eigenvalue weighted by atomic mass is 9.64. The van der Waals surface area contributed by atoms with Crippen molar-refractivity contribution in [1.82, 2.24) is 9.78 Å². The second-order valence-electron chi connectivity index (χ2n) is 6.38. The van der Waals surface area contributed by atoms with E-state index in [0.29, 0.717) is 11.2 Å². The highest BCUT2D eigenvalue weighted by atomic mass is 16.5. The molecule has 2 unspecified atom stereocenters. The summed E-state index contributed by atoms with van der Waals surface area (Å²) in [5.74, 6) is 0.886. The predicted molar refractivity (Wildman–Crippen MR) is 70.5 cm³/mol. The molecule has 4 heteroatoms. The van der Waals surface area contributed by atoms with Crippen LogP contribution in [0, 0.1) is 11.3 Å². The zero-order valence-electron chi connectivity index (χ0n) is 12.0. The minimum absolute atomic E-state index is 0.200. The number of rotatable bonds is 2. The Morgan fingerprint density at radius 3 is 2.67 bits per heavy atom. The van der Waals surface area contributed by atoms with Gasteiger partial charge in [0.25, 0.3) is 0 Å². The molecule has 1 aliphatic carbocycles. The van der Waals surface area contributed by atoms with Crippen LogP contribution in [-0.2, 0) is 12.6 Å². The summed E-state index contributed by atoms with van der Waals surface area (Å²) in [6, 6.07) is 0. The van der Waals surface area contributed by atoms with Crippen LogP contribution in [-0.4, -0.2) is 22.0 Å². The van der Waals surface area contributed by atoms with E-state index in [1.54, 1.807) is 18.0 Å². The molecular formula is C14H24N2O2. The Morgan fingerprint density at radius 1 is 1.44 bits per heavy atom. The van der Waals surface area contributed by atoms with E-state index >= 15 is 0 Å². The molecular weight excluding hydrogens is 228 g/mol. The zero-order chi connectivity index (χ0) is 13.6. The second-order valence-corrected chi connectivity index (χ2v) is 6.38. The van der Waals surface area contributed by atoms with Gasteiger partial charge in [0.2, 0.25) is 0 Å². The van der Waals surface area contributed by atoms with Gasteiger partial charge in [-0.1, -0.05) is 20.8 Å². The SMILES string of the molecule is COc1cnn(C)c1C1(O)CCC(C)(C)CC1C. The summed E-state index contributed by atoms with van der Waals surface area (Å²) in [6.07, 6.45) is 4.47. The first-order valence-electron chi connectivity index (χ1n) is 6.59. The van der Waals surface area contributed by atoms with Gasteiger partial charge in [0, 0.05) is 7.05 Å². The molecule has 0 bridgehead atoms. The lowest BCUT2D eigenvalue weighted by Crippen LogP contribution is -2.43. The molecule has 1 aliphatic rings. The van der Waals surface area contributed by atoms with E-state index in [4.69, 9.17) is 4.74 Å². The van der Waals surface area contributed by atoms with Crippen LogP contribution in [0.25, 0.3) is 0 Å². The van der Waals surface area contributed by atoms with Gasteiger partial charge in [0.1, 0.15) is 11.3 Å². The van der Waals surface area contributed by atoms with E-state index in [1.165, 1.54) is 0 Å². The lowest BCUT2D eigenvalue weighted by molar-refractivity contribution is -0.0836. The maximum atomic E-state index is 11.1. The summed E-state index contributed by atoms with van der Waals surface area (Å²) in [5.41, 5.74) is 0.289. The van der Waals surface area contributed by atoms with Crippen molar-refractivity contribution in [3.8, 4) is 5.75 Å². The molecule has 1 heterocycles. The summed E-state index contributed by atoms with van der Waals surface area (Å²) in [7, 11) is 3.49. The number of aryl methyl sites for hydroxylation is 1. The van der Waals surface area contributed by atoms with Gasteiger partial charge in [-0.2, -0.15) is 5.10 Å². The quantitative estimate of drug-likeness (QED) is 0.879. The molecule has 102 valence electrons. The van der Waals surface area contributed by atoms with Crippen LogP contribution in [0.5, 0.6) is 5.75 Å². The van der Waals surface area contributed by atoms with Crippen molar-refractivity contribution in [1.29, 1.82) is 0 Å². The van der Waals surface area contributed by atoms with Crippen molar-refractivity contribution in [3.05, 3.63) is 11.9 Å². The van der Waals surface area contributed by atoms with E-state index in [1.807, 2.05) is 7.05 Å². The third kappa shape index (κ3) is 2.03. The summed E-state index contributed by atoms with van der Waals surface area (Å²) in [6.45, 7) is 6.65. The molecule has 0 radical (unpaired) electrons. The minimum atomic E-state index is -0.827. The molecule has 1 aromatic rings. The highest BCUT2D eigenvalue weighted by Crippen LogP contribution is 2.50. The molecule has 1 saturated carbocycles. The number of nitrogens with zero attached hydrogens (tertiary/aromatic N) is 2. The third-order valence-electron chi connectivity index (χ3n) is 4.39. The molecule has 1 N–H and O–H groups in total. The Labute approximate surface area is 109 Å². The predicted octanol–water partition coefficient (Wildman–Crippen LogP) is 2.46. The van der Waals surface area contributed by atoms with Crippen LogP contribution in [0.15, 0.2) is 6.20 Å². The highest BCUT2D eigenvalue weighted by Gasteiger charge is 2.46. The molecule has 0 amide bonds. The maximum Gasteiger partial charge on any atom is 0.162 e. The molecule has 0 spiro atoms. The van der Waals surface area contributed by atoms with Crippen molar-refractivity contribution in [2.45, 2.75) is 45.6 Å². The molecule has 0 aromatic carbocycles. The van der Waals surface area contributed by atoms with Crippen LogP contribution in [0.4, 0.5) is 0 Å². The smallest absolute Gasteiger partial charge is 0.162 e. The van der Waals surface area contributed by atoms with Crippen LogP contribution >= 0.6 is 0 Å². The Morgan fingerprint density at radius 2 is 2.11 bits per heavy atom. The van der Waals surface area contributed by atoms with Gasteiger partial charge in [-0.05, 0) is 30.6 Å². The normalized spacial score (nSPS) is 31.3. The fourth-order valence-electron chi connectivity index (χ4n) is 3.29. The molecule has 0 aliphatic heterocycles. The second kappa shape index (κ2) is 4.26. The average molecular weight is 252 g/mol. The van der Waals surface area contributed by atoms with Crippen molar-refractivity contribution < 1.29 is 9.84 Å². The first-order chi connectivity index (χ1) is 8.30. The molecule has 2 rings (SSSR count). The molecule has 1 fully saturated rings. The van der Waals surface area contributed by atoms with Gasteiger partial charge in [-0.15, -0.1) is 0 Å². The minimum Gasteiger partial charge on any atom is -0.493 e. The zero-order valence-corrected chi connectivity index (χ0v) is 12.0. The maximum absolute atomic E-state index is 11.1. The van der Waals surface area contributed by atoms with Gasteiger partial charge in [0.15, 0.2) is 5.75 Å². The van der Waals surface area contributed by atoms with Gasteiger partial charge in [-0.25, -0.2) is 0 Å². The van der Waals surface area contributed by atoms with Crippen molar-refractivity contribution in [2.24, 2.45) is 18.4 Å². The topological polar surface area (TPSA) is 47.3 Å². The average Bonchev–Trinajstić information content (AvgIpc) is 2.66. The summed E-state index contributed by atoms with van der Waals surface area (Å²) in [5, 5.41) is 15.3. The first kappa shape index (κ1) is 13.4. The monoisotopic (exact) mass is 252 g/mol. The Balaban J connectivity index is 2.39. The molecule has 4 nitrogen and oxygen atoms in total. The van der Waals surface area contributed by atoms with E-state index in [-0.39, 0.29) is 5.92 Å². The Kier molecular flexibility index (Phi) is 3.18. The number of hydrogen-bond acceptors (Lipinski definition) is 3. The van der Waals surface area contributed by atoms with E-state index < -0.39 is 5.60 Å². The Bertz CT molecular complexity index is 439. The van der Waals surface area contributed by atoms with Gasteiger partial charge >= 0.3 is 0 Å². The van der Waals surface area contributed by atoms with Crippen LogP contribution in [0.3, 0.4) is 0 Å². The van der Waals surface area contributed by atoms with Gasteiger partial charge < -0.3 is 9.84 Å². The number of ether oxygens (including phenoxy) is 1. The summed E-state index contributed by atoms with van der Waals surface area (Å²) >= 11 is 0. The van der Waals surface area contributed by atoms with Crippen LogP contribution in [0.2, 0.25) is 0 Å². The molecule has 18 heavy (non-hydrogen) atoms. The molecule has 2 atom stereocenters. The fraction of sp³-hybridized carbons (Fsp3) is 0.786. The van der Waals surface area contributed by atoms with Crippen LogP contribution in [0.1, 0.15) is 45.7 Å². The van der Waals surface area contributed by atoms with Crippen LogP contribution < -0.4 is 4.74 Å². The Hall–Kier alpha value is -1.03. The molecule has 0 saturated heterocycles. The number of aromatic nitrogens is 2. The van der Waals surface area contributed by atoms with E-state index in [0.717, 1.165) is 25.0 Å². The number of aliphatic hydroxyl groups is 1. The van der Waals surface area contributed by atoms with E-state index in [2.05, 4.69) is 25.9 Å². The van der Waals surface area contributed by atoms with Gasteiger partial charge in [0.05, 0.1) is 13.3 Å². The third-order valence-corrected chi connectivity index (χ3v) is 4.39. The highest BCUT2D eigenvalue weighted by molar-refractivity contribution is 5.32. The van der Waals surface area contributed by atoms with Crippen molar-refractivity contribution in [2.75, 3.05) is 7.11 Å². The summed E-state index contributed by atoms with van der Waals surface area (Å²) in [4.78, 5) is 0. The largest absolute Gasteiger partial charge is 0.493 e. The van der Waals surface area contributed by atoms with Crippen molar-refractivity contribution in [3.63, 3.8) is 0 Å². The number of methoxy groups -OCH3 is 1. The first-order valence-corrected chi connectivity index (χ1v) is 6.59.